The number of aliphatic imine (C=N–C) groups is 1. The molecular weight excluding hydrogens is 517 g/mol. The Morgan fingerprint density at radius 1 is 0.969 bits per heavy atom. The van der Waals surface area contributed by atoms with Crippen LogP contribution in [0.15, 0.2) is 59.6 Å². The van der Waals surface area contributed by atoms with Gasteiger partial charge in [0.15, 0.2) is 5.96 Å². The van der Waals surface area contributed by atoms with Gasteiger partial charge in [0, 0.05) is 39.3 Å². The maximum absolute atomic E-state index is 12.4. The molecule has 0 aromatic heterocycles. The summed E-state index contributed by atoms with van der Waals surface area (Å²) in [4.78, 5) is 32.7. The molecule has 0 radical (unpaired) electrons. The Morgan fingerprint density at radius 2 is 1.53 bits per heavy atom. The first kappa shape index (κ1) is 25.8. The third kappa shape index (κ3) is 6.52. The third-order valence-corrected chi connectivity index (χ3v) is 5.61. The minimum absolute atomic E-state index is 0. The van der Waals surface area contributed by atoms with Crippen molar-refractivity contribution in [3.63, 3.8) is 0 Å². The van der Waals surface area contributed by atoms with Gasteiger partial charge in [-0.25, -0.2) is 0 Å². The highest BCUT2D eigenvalue weighted by molar-refractivity contribution is 14.0. The SMILES string of the molecule is CN=C(NCCC(C)N(C)Cc1ccccc1)NCCN1C(=O)c2ccccc2C1=O.I. The minimum atomic E-state index is -0.236. The quantitative estimate of drug-likeness (QED) is 0.218. The fourth-order valence-corrected chi connectivity index (χ4v) is 3.60. The largest absolute Gasteiger partial charge is 0.356 e. The Bertz CT molecular complexity index is 900. The van der Waals surface area contributed by atoms with Gasteiger partial charge in [0.2, 0.25) is 0 Å². The van der Waals surface area contributed by atoms with Crippen molar-refractivity contribution in [1.29, 1.82) is 0 Å². The molecule has 172 valence electrons. The molecule has 2 amide bonds. The van der Waals surface area contributed by atoms with Crippen LogP contribution in [0.2, 0.25) is 0 Å². The average Bonchev–Trinajstić information content (AvgIpc) is 3.03. The van der Waals surface area contributed by atoms with Crippen LogP contribution in [0.4, 0.5) is 0 Å². The predicted molar refractivity (Wildman–Crippen MR) is 139 cm³/mol. The molecule has 2 aromatic rings. The first-order chi connectivity index (χ1) is 15.0. The van der Waals surface area contributed by atoms with E-state index in [2.05, 4.69) is 58.8 Å². The van der Waals surface area contributed by atoms with E-state index in [1.54, 1.807) is 31.3 Å². The van der Waals surface area contributed by atoms with Crippen molar-refractivity contribution in [1.82, 2.24) is 20.4 Å². The number of hydrogen-bond acceptors (Lipinski definition) is 4. The molecule has 0 saturated heterocycles. The van der Waals surface area contributed by atoms with Crippen molar-refractivity contribution in [2.24, 2.45) is 4.99 Å². The van der Waals surface area contributed by atoms with Crippen molar-refractivity contribution in [2.45, 2.75) is 25.9 Å². The Kier molecular flexibility index (Phi) is 10.1. The summed E-state index contributed by atoms with van der Waals surface area (Å²) in [5.41, 5.74) is 2.25. The van der Waals surface area contributed by atoms with Gasteiger partial charge in [-0.1, -0.05) is 42.5 Å². The number of rotatable bonds is 9. The Hall–Kier alpha value is -2.46. The van der Waals surface area contributed by atoms with Crippen molar-refractivity contribution < 1.29 is 9.59 Å². The molecule has 1 atom stereocenters. The van der Waals surface area contributed by atoms with Gasteiger partial charge >= 0.3 is 0 Å². The fourth-order valence-electron chi connectivity index (χ4n) is 3.60. The number of carbonyl (C=O) groups excluding carboxylic acids is 2. The van der Waals surface area contributed by atoms with Crippen molar-refractivity contribution in [3.8, 4) is 0 Å². The first-order valence-corrected chi connectivity index (χ1v) is 10.6. The summed E-state index contributed by atoms with van der Waals surface area (Å²) >= 11 is 0. The van der Waals surface area contributed by atoms with Crippen LogP contribution in [0.25, 0.3) is 0 Å². The summed E-state index contributed by atoms with van der Waals surface area (Å²) < 4.78 is 0. The smallest absolute Gasteiger partial charge is 0.261 e. The molecule has 2 aromatic carbocycles. The molecule has 0 spiro atoms. The van der Waals surface area contributed by atoms with Crippen LogP contribution in [0.3, 0.4) is 0 Å². The lowest BCUT2D eigenvalue weighted by molar-refractivity contribution is 0.0657. The van der Waals surface area contributed by atoms with Crippen LogP contribution in [0.1, 0.15) is 39.6 Å². The summed E-state index contributed by atoms with van der Waals surface area (Å²) in [6.07, 6.45) is 0.961. The van der Waals surface area contributed by atoms with E-state index >= 15 is 0 Å². The lowest BCUT2D eigenvalue weighted by atomic mass is 10.1. The molecule has 8 heteroatoms. The predicted octanol–water partition coefficient (Wildman–Crippen LogP) is 2.98. The van der Waals surface area contributed by atoms with E-state index in [1.165, 1.54) is 10.5 Å². The van der Waals surface area contributed by atoms with Crippen LogP contribution in [-0.4, -0.2) is 67.3 Å². The Balaban J connectivity index is 0.00000363. The van der Waals surface area contributed by atoms with Gasteiger partial charge in [-0.3, -0.25) is 24.4 Å². The third-order valence-electron chi connectivity index (χ3n) is 5.61. The molecule has 1 aliphatic rings. The molecule has 1 heterocycles. The number of halogens is 1. The number of nitrogens with zero attached hydrogens (tertiary/aromatic N) is 3. The van der Waals surface area contributed by atoms with Gasteiger partial charge in [0.25, 0.3) is 11.8 Å². The summed E-state index contributed by atoms with van der Waals surface area (Å²) in [6, 6.07) is 17.8. The normalized spacial score (nSPS) is 14.2. The highest BCUT2D eigenvalue weighted by atomic mass is 127. The summed E-state index contributed by atoms with van der Waals surface area (Å²) in [6.45, 7) is 4.63. The topological polar surface area (TPSA) is 77.0 Å². The number of guanidine groups is 1. The fraction of sp³-hybridized carbons (Fsp3) is 0.375. The zero-order chi connectivity index (χ0) is 22.2. The number of carbonyl (C=O) groups is 2. The van der Waals surface area contributed by atoms with Crippen LogP contribution in [0, 0.1) is 0 Å². The van der Waals surface area contributed by atoms with E-state index in [1.807, 2.05) is 6.07 Å². The van der Waals surface area contributed by atoms with Crippen LogP contribution >= 0.6 is 24.0 Å². The zero-order valence-electron chi connectivity index (χ0n) is 18.9. The second kappa shape index (κ2) is 12.5. The molecule has 0 aliphatic carbocycles. The molecule has 7 nitrogen and oxygen atoms in total. The molecular formula is C24H32IN5O2. The van der Waals surface area contributed by atoms with E-state index in [-0.39, 0.29) is 35.8 Å². The first-order valence-electron chi connectivity index (χ1n) is 10.6. The van der Waals surface area contributed by atoms with Crippen molar-refractivity contribution in [3.05, 3.63) is 71.3 Å². The van der Waals surface area contributed by atoms with Gasteiger partial charge in [0.1, 0.15) is 0 Å². The maximum Gasteiger partial charge on any atom is 0.261 e. The summed E-state index contributed by atoms with van der Waals surface area (Å²) in [7, 11) is 3.84. The number of amides is 2. The standard InChI is InChI=1S/C24H31N5O2.HI/c1-18(28(3)17-19-9-5-4-6-10-19)13-14-26-24(25-2)27-15-16-29-22(30)20-11-7-8-12-21(20)23(29)31;/h4-12,18H,13-17H2,1-3H3,(H2,25,26,27);1H. The van der Waals surface area contributed by atoms with E-state index in [0.29, 0.717) is 36.2 Å². The molecule has 1 aliphatic heterocycles. The van der Waals surface area contributed by atoms with Gasteiger partial charge in [-0.2, -0.15) is 0 Å². The molecule has 3 rings (SSSR count). The number of benzene rings is 2. The zero-order valence-corrected chi connectivity index (χ0v) is 21.2. The molecule has 2 N–H and O–H groups in total. The molecule has 0 saturated carbocycles. The average molecular weight is 549 g/mol. The maximum atomic E-state index is 12.4. The van der Waals surface area contributed by atoms with Crippen molar-refractivity contribution in [2.75, 3.05) is 33.7 Å². The van der Waals surface area contributed by atoms with Gasteiger partial charge in [-0.15, -0.1) is 24.0 Å². The molecule has 0 bridgehead atoms. The summed E-state index contributed by atoms with van der Waals surface area (Å²) in [5.74, 6) is 0.191. The van der Waals surface area contributed by atoms with E-state index < -0.39 is 0 Å². The van der Waals surface area contributed by atoms with Gasteiger partial charge in [0.05, 0.1) is 11.1 Å². The number of hydrogen-bond donors (Lipinski definition) is 2. The molecule has 1 unspecified atom stereocenters. The van der Waals surface area contributed by atoms with Crippen LogP contribution < -0.4 is 10.6 Å². The summed E-state index contributed by atoms with van der Waals surface area (Å²) in [5, 5.41) is 6.49. The van der Waals surface area contributed by atoms with Crippen molar-refractivity contribution >= 4 is 41.8 Å². The minimum Gasteiger partial charge on any atom is -0.356 e. The number of imide groups is 1. The van der Waals surface area contributed by atoms with Gasteiger partial charge in [-0.05, 0) is 38.1 Å². The molecule has 32 heavy (non-hydrogen) atoms. The monoisotopic (exact) mass is 549 g/mol. The molecule has 0 fully saturated rings. The highest BCUT2D eigenvalue weighted by Crippen LogP contribution is 2.21. The lowest BCUT2D eigenvalue weighted by Gasteiger charge is -2.25. The highest BCUT2D eigenvalue weighted by Gasteiger charge is 2.34. The Morgan fingerprint density at radius 3 is 2.12 bits per heavy atom. The van der Waals surface area contributed by atoms with E-state index in [9.17, 15) is 9.59 Å². The van der Waals surface area contributed by atoms with E-state index in [0.717, 1.165) is 19.5 Å². The van der Waals surface area contributed by atoms with Crippen LogP contribution in [0.5, 0.6) is 0 Å². The number of nitrogens with one attached hydrogen (secondary N) is 2. The second-order valence-corrected chi connectivity index (χ2v) is 7.77. The van der Waals surface area contributed by atoms with Crippen LogP contribution in [-0.2, 0) is 6.54 Å². The Labute approximate surface area is 207 Å². The van der Waals surface area contributed by atoms with Gasteiger partial charge < -0.3 is 10.6 Å². The number of fused-ring (bicyclic) bond motifs is 1. The van der Waals surface area contributed by atoms with E-state index in [4.69, 9.17) is 0 Å². The second-order valence-electron chi connectivity index (χ2n) is 7.77. The lowest BCUT2D eigenvalue weighted by Crippen LogP contribution is -2.44.